The molecule has 146 valence electrons. The Morgan fingerprint density at radius 2 is 2.24 bits per heavy atom. The van der Waals surface area contributed by atoms with Crippen molar-refractivity contribution in [2.24, 2.45) is 5.73 Å². The van der Waals surface area contributed by atoms with E-state index in [4.69, 9.17) is 5.73 Å². The first-order valence-electron chi connectivity index (χ1n) is 9.58. The molecule has 0 radical (unpaired) electrons. The summed E-state index contributed by atoms with van der Waals surface area (Å²) in [7, 11) is 0. The van der Waals surface area contributed by atoms with E-state index in [1.165, 1.54) is 0 Å². The van der Waals surface area contributed by atoms with Gasteiger partial charge in [0.1, 0.15) is 6.07 Å². The lowest BCUT2D eigenvalue weighted by atomic mass is 9.84. The van der Waals surface area contributed by atoms with Crippen molar-refractivity contribution in [3.8, 4) is 17.3 Å². The number of benzene rings is 1. The van der Waals surface area contributed by atoms with Crippen LogP contribution in [0.2, 0.25) is 0 Å². The number of nitrogens with zero attached hydrogens (tertiary/aromatic N) is 2. The average Bonchev–Trinajstić information content (AvgIpc) is 2.76. The largest absolute Gasteiger partial charge is 0.351 e. The van der Waals surface area contributed by atoms with E-state index in [0.717, 1.165) is 22.4 Å². The van der Waals surface area contributed by atoms with Crippen LogP contribution in [0.4, 0.5) is 0 Å². The van der Waals surface area contributed by atoms with Crippen LogP contribution in [0.15, 0.2) is 60.7 Å². The maximum absolute atomic E-state index is 12.4. The summed E-state index contributed by atoms with van der Waals surface area (Å²) in [4.78, 5) is 17.1. The zero-order valence-electron chi connectivity index (χ0n) is 16.5. The molecule has 0 aliphatic heterocycles. The number of hydrogen-bond donors (Lipinski definition) is 2. The van der Waals surface area contributed by atoms with Gasteiger partial charge in [-0.15, -0.1) is 0 Å². The van der Waals surface area contributed by atoms with Crippen molar-refractivity contribution >= 4 is 12.0 Å². The third-order valence-corrected chi connectivity index (χ3v) is 5.01. The van der Waals surface area contributed by atoms with Crippen molar-refractivity contribution in [3.05, 3.63) is 83.1 Å². The van der Waals surface area contributed by atoms with Crippen LogP contribution in [0.25, 0.3) is 17.3 Å². The standard InChI is InChI=1S/C24H24N4O/c1-3-22-21(15-26)20(14-23(28-22)19-10-5-4-7-16(19)2)17-8-6-9-18(13-17)24(29)27-12-11-25/h3-10,14,17H,1,11-13,25H2,2H3,(H,27,29). The molecule has 0 fully saturated rings. The third kappa shape index (κ3) is 4.34. The Balaban J connectivity index is 2.04. The predicted octanol–water partition coefficient (Wildman–Crippen LogP) is 3.62. The number of allylic oxidation sites excluding steroid dienone is 3. The molecule has 0 saturated heterocycles. The SMILES string of the molecule is C=Cc1nc(-c2ccccc2C)cc(C2C=CC=C(C(=O)NCCN)C2)c1C#N. The van der Waals surface area contributed by atoms with E-state index in [9.17, 15) is 10.1 Å². The van der Waals surface area contributed by atoms with Gasteiger partial charge in [-0.25, -0.2) is 4.98 Å². The Morgan fingerprint density at radius 3 is 2.93 bits per heavy atom. The molecule has 1 aliphatic rings. The molecule has 29 heavy (non-hydrogen) atoms. The molecule has 0 saturated carbocycles. The number of nitriles is 1. The first-order chi connectivity index (χ1) is 14.1. The van der Waals surface area contributed by atoms with Gasteiger partial charge in [0, 0.05) is 30.1 Å². The summed E-state index contributed by atoms with van der Waals surface area (Å²) in [6, 6.07) is 12.2. The van der Waals surface area contributed by atoms with Gasteiger partial charge in [0.2, 0.25) is 5.91 Å². The summed E-state index contributed by atoms with van der Waals surface area (Å²) in [5.41, 5.74) is 11.0. The first-order valence-corrected chi connectivity index (χ1v) is 9.58. The second kappa shape index (κ2) is 9.13. The maximum Gasteiger partial charge on any atom is 0.247 e. The zero-order valence-corrected chi connectivity index (χ0v) is 16.5. The van der Waals surface area contributed by atoms with Crippen LogP contribution in [0, 0.1) is 18.3 Å². The van der Waals surface area contributed by atoms with Crippen LogP contribution < -0.4 is 11.1 Å². The fourth-order valence-corrected chi connectivity index (χ4v) is 3.51. The van der Waals surface area contributed by atoms with Gasteiger partial charge in [0.05, 0.1) is 17.0 Å². The fourth-order valence-electron chi connectivity index (χ4n) is 3.51. The number of amides is 1. The fraction of sp³-hybridized carbons (Fsp3) is 0.208. The number of aryl methyl sites for hydroxylation is 1. The average molecular weight is 384 g/mol. The Labute approximate surface area is 171 Å². The van der Waals surface area contributed by atoms with Gasteiger partial charge in [-0.3, -0.25) is 4.79 Å². The summed E-state index contributed by atoms with van der Waals surface area (Å²) >= 11 is 0. The molecule has 1 unspecified atom stereocenters. The molecule has 2 aromatic rings. The van der Waals surface area contributed by atoms with Crippen molar-refractivity contribution in [1.82, 2.24) is 10.3 Å². The molecule has 3 rings (SSSR count). The molecule has 1 atom stereocenters. The van der Waals surface area contributed by atoms with Crippen LogP contribution in [-0.4, -0.2) is 24.0 Å². The molecule has 1 aromatic carbocycles. The zero-order chi connectivity index (χ0) is 20.8. The minimum absolute atomic E-state index is 0.0993. The molecular formula is C24H24N4O. The van der Waals surface area contributed by atoms with Gasteiger partial charge in [0.15, 0.2) is 0 Å². The lowest BCUT2D eigenvalue weighted by Crippen LogP contribution is -2.31. The van der Waals surface area contributed by atoms with Crippen molar-refractivity contribution < 1.29 is 4.79 Å². The van der Waals surface area contributed by atoms with E-state index in [1.807, 2.05) is 55.5 Å². The Morgan fingerprint density at radius 1 is 1.45 bits per heavy atom. The van der Waals surface area contributed by atoms with Gasteiger partial charge in [-0.1, -0.05) is 49.1 Å². The molecule has 1 heterocycles. The smallest absolute Gasteiger partial charge is 0.247 e. The lowest BCUT2D eigenvalue weighted by Gasteiger charge is -2.21. The van der Waals surface area contributed by atoms with Gasteiger partial charge in [-0.05, 0) is 36.6 Å². The Kier molecular flexibility index (Phi) is 6.38. The second-order valence-corrected chi connectivity index (χ2v) is 6.92. The highest BCUT2D eigenvalue weighted by atomic mass is 16.1. The van der Waals surface area contributed by atoms with E-state index in [2.05, 4.69) is 22.9 Å². The number of carbonyl (C=O) groups is 1. The van der Waals surface area contributed by atoms with Crippen LogP contribution in [0.5, 0.6) is 0 Å². The molecule has 1 aromatic heterocycles. The van der Waals surface area contributed by atoms with E-state index >= 15 is 0 Å². The van der Waals surface area contributed by atoms with E-state index < -0.39 is 0 Å². The first kappa shape index (κ1) is 20.2. The minimum Gasteiger partial charge on any atom is -0.351 e. The summed E-state index contributed by atoms with van der Waals surface area (Å²) < 4.78 is 0. The summed E-state index contributed by atoms with van der Waals surface area (Å²) in [5, 5.41) is 12.6. The number of rotatable bonds is 6. The second-order valence-electron chi connectivity index (χ2n) is 6.92. The van der Waals surface area contributed by atoms with Gasteiger partial charge in [-0.2, -0.15) is 5.26 Å². The molecule has 5 heteroatoms. The van der Waals surface area contributed by atoms with Gasteiger partial charge < -0.3 is 11.1 Å². The molecule has 5 nitrogen and oxygen atoms in total. The number of hydrogen-bond acceptors (Lipinski definition) is 4. The Bertz CT molecular complexity index is 1040. The number of carbonyl (C=O) groups excluding carboxylic acids is 1. The molecule has 0 bridgehead atoms. The number of aromatic nitrogens is 1. The van der Waals surface area contributed by atoms with Crippen molar-refractivity contribution in [2.45, 2.75) is 19.3 Å². The van der Waals surface area contributed by atoms with Gasteiger partial charge in [0.25, 0.3) is 0 Å². The molecule has 1 aliphatic carbocycles. The van der Waals surface area contributed by atoms with E-state index in [0.29, 0.717) is 36.3 Å². The topological polar surface area (TPSA) is 91.8 Å². The highest BCUT2D eigenvalue weighted by molar-refractivity contribution is 5.94. The quantitative estimate of drug-likeness (QED) is 0.796. The lowest BCUT2D eigenvalue weighted by molar-refractivity contribution is -0.117. The number of nitrogens with two attached hydrogens (primary N) is 1. The number of pyridine rings is 1. The van der Waals surface area contributed by atoms with Crippen LogP contribution >= 0.6 is 0 Å². The van der Waals surface area contributed by atoms with E-state index in [1.54, 1.807) is 6.08 Å². The molecule has 0 spiro atoms. The van der Waals surface area contributed by atoms with Crippen LogP contribution in [-0.2, 0) is 4.79 Å². The maximum atomic E-state index is 12.4. The molecular weight excluding hydrogens is 360 g/mol. The van der Waals surface area contributed by atoms with Crippen LogP contribution in [0.1, 0.15) is 34.7 Å². The number of nitrogens with one attached hydrogen (secondary N) is 1. The summed E-state index contributed by atoms with van der Waals surface area (Å²) in [6.45, 7) is 6.70. The third-order valence-electron chi connectivity index (χ3n) is 5.01. The Hall–Kier alpha value is -3.49. The monoisotopic (exact) mass is 384 g/mol. The minimum atomic E-state index is -0.125. The van der Waals surface area contributed by atoms with Gasteiger partial charge >= 0.3 is 0 Å². The summed E-state index contributed by atoms with van der Waals surface area (Å²) in [5.74, 6) is -0.224. The highest BCUT2D eigenvalue weighted by Gasteiger charge is 2.23. The molecule has 3 N–H and O–H groups in total. The predicted molar refractivity (Wildman–Crippen MR) is 116 cm³/mol. The highest BCUT2D eigenvalue weighted by Crippen LogP contribution is 2.35. The normalized spacial score (nSPS) is 15.3. The molecule has 1 amide bonds. The van der Waals surface area contributed by atoms with Crippen LogP contribution in [0.3, 0.4) is 0 Å². The van der Waals surface area contributed by atoms with Crippen molar-refractivity contribution in [3.63, 3.8) is 0 Å². The van der Waals surface area contributed by atoms with Crippen molar-refractivity contribution in [2.75, 3.05) is 13.1 Å². The van der Waals surface area contributed by atoms with Crippen molar-refractivity contribution in [1.29, 1.82) is 5.26 Å². The summed E-state index contributed by atoms with van der Waals surface area (Å²) in [6.07, 6.45) is 7.82. The van der Waals surface area contributed by atoms with E-state index in [-0.39, 0.29) is 11.8 Å².